The number of hydrogen-bond donors (Lipinski definition) is 0. The van der Waals surface area contributed by atoms with Crippen LogP contribution in [0.15, 0.2) is 40.5 Å². The highest BCUT2D eigenvalue weighted by molar-refractivity contribution is 9.10. The van der Waals surface area contributed by atoms with E-state index < -0.39 is 0 Å². The Labute approximate surface area is 199 Å². The highest BCUT2D eigenvalue weighted by atomic mass is 79.9. The van der Waals surface area contributed by atoms with Crippen LogP contribution in [0.25, 0.3) is 6.08 Å². The lowest BCUT2D eigenvalue weighted by Gasteiger charge is -2.16. The van der Waals surface area contributed by atoms with Crippen molar-refractivity contribution in [2.75, 3.05) is 20.7 Å². The number of amides is 1. The highest BCUT2D eigenvalue weighted by Crippen LogP contribution is 2.39. The van der Waals surface area contributed by atoms with Gasteiger partial charge in [-0.3, -0.25) is 9.69 Å². The van der Waals surface area contributed by atoms with E-state index in [1.807, 2.05) is 25.1 Å². The summed E-state index contributed by atoms with van der Waals surface area (Å²) in [4.78, 5) is 15.6. The van der Waals surface area contributed by atoms with Crippen LogP contribution in [0.1, 0.15) is 18.1 Å². The van der Waals surface area contributed by atoms with Crippen LogP contribution < -0.4 is 9.47 Å². The minimum absolute atomic E-state index is 0.158. The molecule has 0 spiro atoms. The monoisotopic (exact) mass is 528 g/mol. The van der Waals surface area contributed by atoms with Crippen LogP contribution in [0.2, 0.25) is 10.0 Å². The van der Waals surface area contributed by atoms with Gasteiger partial charge in [0.25, 0.3) is 5.91 Å². The maximum atomic E-state index is 12.4. The molecule has 158 valence electrons. The number of halogens is 3. The van der Waals surface area contributed by atoms with E-state index in [-0.39, 0.29) is 12.5 Å². The van der Waals surface area contributed by atoms with Crippen LogP contribution in [-0.2, 0) is 11.4 Å². The third kappa shape index (κ3) is 4.75. The first kappa shape index (κ1) is 22.9. The van der Waals surface area contributed by atoms with E-state index in [9.17, 15) is 4.79 Å². The number of rotatable bonds is 6. The quantitative estimate of drug-likeness (QED) is 0.351. The summed E-state index contributed by atoms with van der Waals surface area (Å²) in [6.07, 6.45) is 1.77. The summed E-state index contributed by atoms with van der Waals surface area (Å²) in [5, 5.41) is 1.55. The van der Waals surface area contributed by atoms with E-state index in [1.165, 1.54) is 4.90 Å². The second-order valence-electron chi connectivity index (χ2n) is 6.52. The van der Waals surface area contributed by atoms with Crippen molar-refractivity contribution >= 4 is 68.4 Å². The molecule has 5 nitrogen and oxygen atoms in total. The fraction of sp³-hybridized carbons (Fsp3) is 0.238. The molecule has 1 aliphatic heterocycles. The zero-order chi connectivity index (χ0) is 22.0. The summed E-state index contributed by atoms with van der Waals surface area (Å²) in [7, 11) is 3.42. The molecule has 0 radical (unpaired) electrons. The zero-order valence-corrected chi connectivity index (χ0v) is 20.5. The van der Waals surface area contributed by atoms with Gasteiger partial charge >= 0.3 is 0 Å². The van der Waals surface area contributed by atoms with Gasteiger partial charge in [0.15, 0.2) is 16.6 Å². The molecule has 0 saturated carbocycles. The normalized spacial score (nSPS) is 15.3. The van der Waals surface area contributed by atoms with Crippen molar-refractivity contribution in [3.63, 3.8) is 0 Å². The minimum atomic E-state index is -0.158. The second kappa shape index (κ2) is 9.56. The molecule has 3 rings (SSSR count). The van der Waals surface area contributed by atoms with Crippen LogP contribution >= 0.6 is 51.3 Å². The fourth-order valence-corrected chi connectivity index (χ4v) is 4.13. The van der Waals surface area contributed by atoms with Crippen LogP contribution in [0, 0.1) is 0 Å². The molecule has 0 aromatic heterocycles. The lowest BCUT2D eigenvalue weighted by atomic mass is 10.1. The first-order valence-electron chi connectivity index (χ1n) is 9.03. The molecular weight excluding hydrogens is 511 g/mol. The first-order valence-corrected chi connectivity index (χ1v) is 11.0. The van der Waals surface area contributed by atoms with Gasteiger partial charge in [-0.1, -0.05) is 29.3 Å². The number of nitrogens with zero attached hydrogens (tertiary/aromatic N) is 2. The van der Waals surface area contributed by atoms with Gasteiger partial charge in [0, 0.05) is 29.7 Å². The molecule has 1 heterocycles. The Morgan fingerprint density at radius 2 is 1.87 bits per heavy atom. The molecule has 0 unspecified atom stereocenters. The number of likely N-dealkylation sites (N-methyl/N-ethyl adjacent to an activating group) is 2. The van der Waals surface area contributed by atoms with Crippen LogP contribution in [0.5, 0.6) is 11.5 Å². The topological polar surface area (TPSA) is 42.0 Å². The molecule has 2 aromatic rings. The zero-order valence-electron chi connectivity index (χ0n) is 16.5. The van der Waals surface area contributed by atoms with E-state index in [0.29, 0.717) is 43.4 Å². The third-order valence-corrected chi connectivity index (χ3v) is 6.20. The van der Waals surface area contributed by atoms with E-state index in [4.69, 9.17) is 44.9 Å². The predicted octanol–water partition coefficient (Wildman–Crippen LogP) is 5.76. The number of thiocarbonyl (C=S) groups is 1. The van der Waals surface area contributed by atoms with Crippen molar-refractivity contribution in [1.82, 2.24) is 9.80 Å². The Kier molecular flexibility index (Phi) is 7.29. The molecule has 1 fully saturated rings. The van der Waals surface area contributed by atoms with Gasteiger partial charge in [0.1, 0.15) is 12.3 Å². The molecule has 1 amide bonds. The molecule has 1 aliphatic rings. The lowest BCUT2D eigenvalue weighted by Crippen LogP contribution is -2.26. The Hall–Kier alpha value is -1.80. The van der Waals surface area contributed by atoms with Crippen LogP contribution in [-0.4, -0.2) is 41.5 Å². The molecule has 9 heteroatoms. The molecule has 1 saturated heterocycles. The Morgan fingerprint density at radius 1 is 1.13 bits per heavy atom. The van der Waals surface area contributed by atoms with Crippen molar-refractivity contribution in [1.29, 1.82) is 0 Å². The van der Waals surface area contributed by atoms with Crippen molar-refractivity contribution < 1.29 is 14.3 Å². The van der Waals surface area contributed by atoms with Crippen molar-refractivity contribution in [3.8, 4) is 11.5 Å². The average molecular weight is 530 g/mol. The number of ether oxygens (including phenoxy) is 2. The molecule has 0 aliphatic carbocycles. The fourth-order valence-electron chi connectivity index (χ4n) is 2.91. The maximum absolute atomic E-state index is 12.4. The van der Waals surface area contributed by atoms with Crippen LogP contribution in [0.3, 0.4) is 0 Å². The summed E-state index contributed by atoms with van der Waals surface area (Å²) in [6, 6.07) is 8.93. The summed E-state index contributed by atoms with van der Waals surface area (Å²) < 4.78 is 12.5. The minimum Gasteiger partial charge on any atom is -0.490 e. The lowest BCUT2D eigenvalue weighted by molar-refractivity contribution is -0.121. The summed E-state index contributed by atoms with van der Waals surface area (Å²) in [6.45, 7) is 2.59. The predicted molar refractivity (Wildman–Crippen MR) is 127 cm³/mol. The van der Waals surface area contributed by atoms with Crippen molar-refractivity contribution in [2.24, 2.45) is 0 Å². The number of carbonyl (C=O) groups is 1. The van der Waals surface area contributed by atoms with E-state index >= 15 is 0 Å². The summed E-state index contributed by atoms with van der Waals surface area (Å²) in [5.41, 5.74) is 2.06. The smallest absolute Gasteiger partial charge is 0.276 e. The third-order valence-electron chi connectivity index (χ3n) is 4.48. The maximum Gasteiger partial charge on any atom is 0.276 e. The van der Waals surface area contributed by atoms with Crippen molar-refractivity contribution in [3.05, 3.63) is 61.7 Å². The molecule has 30 heavy (non-hydrogen) atoms. The molecule has 0 bridgehead atoms. The van der Waals surface area contributed by atoms with Gasteiger partial charge in [0.05, 0.1) is 11.1 Å². The van der Waals surface area contributed by atoms with Crippen molar-refractivity contribution in [2.45, 2.75) is 13.5 Å². The van der Waals surface area contributed by atoms with E-state index in [1.54, 1.807) is 37.2 Å². The first-order chi connectivity index (χ1) is 14.2. The largest absolute Gasteiger partial charge is 0.490 e. The Bertz CT molecular complexity index is 1050. The van der Waals surface area contributed by atoms with Crippen LogP contribution in [0.4, 0.5) is 0 Å². The molecule has 0 atom stereocenters. The molecular formula is C21H19BrCl2N2O3S. The van der Waals surface area contributed by atoms with E-state index in [2.05, 4.69) is 15.9 Å². The number of hydrogen-bond acceptors (Lipinski definition) is 4. The molecule has 2 aromatic carbocycles. The van der Waals surface area contributed by atoms with E-state index in [0.717, 1.165) is 11.1 Å². The number of benzene rings is 2. The standard InChI is InChI=1S/C21H19BrCl2N2O3S/c1-4-28-18-9-12(8-17-20(27)26(3)21(30)25(17)2)7-15(22)19(18)29-11-13-5-6-14(23)10-16(13)24/h5-10H,4,11H2,1-3H3/b17-8-. The number of carbonyl (C=O) groups excluding carboxylic acids is 1. The van der Waals surface area contributed by atoms with Gasteiger partial charge in [-0.25, -0.2) is 0 Å². The summed E-state index contributed by atoms with van der Waals surface area (Å²) in [5.74, 6) is 0.936. The highest BCUT2D eigenvalue weighted by Gasteiger charge is 2.32. The Morgan fingerprint density at radius 3 is 2.47 bits per heavy atom. The van der Waals surface area contributed by atoms with Gasteiger partial charge in [-0.05, 0) is 71.0 Å². The SMILES string of the molecule is CCOc1cc(/C=C2/C(=O)N(C)C(=S)N2C)cc(Br)c1OCc1ccc(Cl)cc1Cl. The van der Waals surface area contributed by atoms with Gasteiger partial charge < -0.3 is 14.4 Å². The van der Waals surface area contributed by atoms with Gasteiger partial charge in [-0.2, -0.15) is 0 Å². The van der Waals surface area contributed by atoms with Gasteiger partial charge in [0.2, 0.25) is 0 Å². The summed E-state index contributed by atoms with van der Waals surface area (Å²) >= 11 is 21.0. The molecule has 0 N–H and O–H groups in total. The average Bonchev–Trinajstić information content (AvgIpc) is 2.87. The van der Waals surface area contributed by atoms with Gasteiger partial charge in [-0.15, -0.1) is 0 Å². The Balaban J connectivity index is 1.92. The second-order valence-corrected chi connectivity index (χ2v) is 8.59.